The number of ether oxygens (including phenoxy) is 3. The summed E-state index contributed by atoms with van der Waals surface area (Å²) in [6, 6.07) is 20.8. The van der Waals surface area contributed by atoms with Gasteiger partial charge in [-0.2, -0.15) is 40.4 Å². The number of nitriles is 2. The highest BCUT2D eigenvalue weighted by Gasteiger charge is 2.48. The lowest BCUT2D eigenvalue weighted by molar-refractivity contribution is -0.438. The summed E-state index contributed by atoms with van der Waals surface area (Å²) < 4.78 is 185. The van der Waals surface area contributed by atoms with E-state index in [1.165, 1.54) is 24.3 Å². The first kappa shape index (κ1) is 86.3. The third kappa shape index (κ3) is 24.3. The molecule has 4 aliphatic rings. The number of carbonyl (C=O) groups is 5. The topological polar surface area (TPSA) is 459 Å². The number of hydrogen-bond acceptors (Lipinski definition) is 20. The molecule has 0 bridgehead atoms. The minimum Gasteiger partial charge on any atom is -0.748 e. The number of allylic oxidation sites excluding steroid dienone is 7. The van der Waals surface area contributed by atoms with Crippen molar-refractivity contribution in [2.75, 3.05) is 69.0 Å². The van der Waals surface area contributed by atoms with Gasteiger partial charge in [-0.25, -0.2) is 26.8 Å². The summed E-state index contributed by atoms with van der Waals surface area (Å²) in [5.41, 5.74) is 4.92. The maximum atomic E-state index is 13.8. The molecular weight excluding hydrogens is 1520 g/mol. The van der Waals surface area contributed by atoms with Gasteiger partial charge >= 0.3 is 12.0 Å². The zero-order valence-electron chi connectivity index (χ0n) is 60.9. The number of hydrogen-bond donors (Lipinski definition) is 8. The van der Waals surface area contributed by atoms with Crippen LogP contribution in [0.3, 0.4) is 0 Å². The van der Waals surface area contributed by atoms with E-state index in [9.17, 15) is 95.0 Å². The highest BCUT2D eigenvalue weighted by molar-refractivity contribution is 7.86. The molecule has 1 saturated heterocycles. The van der Waals surface area contributed by atoms with Crippen molar-refractivity contribution < 1.29 is 109 Å². The fraction of sp³-hybridized carbons (Fsp3) is 0.459. The van der Waals surface area contributed by atoms with Gasteiger partial charge in [0.15, 0.2) is 5.71 Å². The monoisotopic (exact) mass is 1610 g/mol. The average molecular weight is 1610 g/mol. The van der Waals surface area contributed by atoms with E-state index in [0.29, 0.717) is 92.5 Å². The minimum atomic E-state index is -4.64. The number of urea groups is 1. The van der Waals surface area contributed by atoms with E-state index in [2.05, 4.69) is 21.3 Å². The Morgan fingerprint density at radius 3 is 2.02 bits per heavy atom. The molecular formula is C74H89F2N9O21S4. The molecule has 1 fully saturated rings. The highest BCUT2D eigenvalue weighted by Crippen LogP contribution is 2.49. The number of benzene rings is 4. The number of carboxylic acids is 1. The van der Waals surface area contributed by atoms with Crippen molar-refractivity contribution >= 4 is 87.3 Å². The second kappa shape index (κ2) is 37.1. The molecule has 8 rings (SSSR count). The first-order valence-electron chi connectivity index (χ1n) is 35.3. The third-order valence-electron chi connectivity index (χ3n) is 19.1. The van der Waals surface area contributed by atoms with Crippen molar-refractivity contribution in [3.63, 3.8) is 0 Å². The molecule has 0 saturated carbocycles. The van der Waals surface area contributed by atoms with Crippen molar-refractivity contribution in [2.45, 2.75) is 162 Å². The van der Waals surface area contributed by atoms with Gasteiger partial charge in [0.1, 0.15) is 36.2 Å². The number of halogens is 2. The summed E-state index contributed by atoms with van der Waals surface area (Å²) >= 11 is 0. The molecule has 0 spiro atoms. The predicted octanol–water partition coefficient (Wildman–Crippen LogP) is 7.36. The Labute approximate surface area is 637 Å². The van der Waals surface area contributed by atoms with E-state index in [1.54, 1.807) is 66.7 Å². The molecule has 4 aromatic carbocycles. The van der Waals surface area contributed by atoms with Crippen LogP contribution >= 0.6 is 0 Å². The summed E-state index contributed by atoms with van der Waals surface area (Å²) in [6.07, 6.45) is 8.00. The van der Waals surface area contributed by atoms with Crippen molar-refractivity contribution in [2.24, 2.45) is 0 Å². The molecule has 594 valence electrons. The van der Waals surface area contributed by atoms with E-state index in [1.807, 2.05) is 67.5 Å². The van der Waals surface area contributed by atoms with Crippen LogP contribution in [0.2, 0.25) is 0 Å². The second-order valence-electron chi connectivity index (χ2n) is 28.0. The Balaban J connectivity index is 0.871. The smallest absolute Gasteiger partial charge is 0.326 e. The third-order valence-corrected chi connectivity index (χ3v) is 22.4. The zero-order chi connectivity index (χ0) is 80.6. The van der Waals surface area contributed by atoms with Crippen molar-refractivity contribution in [3.05, 3.63) is 160 Å². The molecule has 8 N–H and O–H groups in total. The average Bonchev–Trinajstić information content (AvgIpc) is 1.59. The van der Waals surface area contributed by atoms with E-state index >= 15 is 0 Å². The highest BCUT2D eigenvalue weighted by atomic mass is 32.2. The number of aliphatic carboxylic acids is 1. The number of alkyl halides is 2. The Bertz CT molecular complexity index is 4840. The van der Waals surface area contributed by atoms with Crippen LogP contribution in [0, 0.1) is 22.7 Å². The Morgan fingerprint density at radius 1 is 0.727 bits per heavy atom. The summed E-state index contributed by atoms with van der Waals surface area (Å²) in [4.78, 5) is 65.4. The molecule has 3 heterocycles. The normalized spacial score (nSPS) is 18.0. The van der Waals surface area contributed by atoms with Crippen LogP contribution < -0.4 is 30.9 Å². The van der Waals surface area contributed by atoms with Gasteiger partial charge in [-0.1, -0.05) is 56.3 Å². The van der Waals surface area contributed by atoms with E-state index < -0.39 is 124 Å². The number of likely N-dealkylation sites (tertiary alicyclic amines) is 1. The van der Waals surface area contributed by atoms with Gasteiger partial charge < -0.3 is 54.9 Å². The fourth-order valence-corrected chi connectivity index (χ4v) is 15.5. The van der Waals surface area contributed by atoms with Crippen molar-refractivity contribution in [3.8, 4) is 17.9 Å². The van der Waals surface area contributed by atoms with Crippen LogP contribution in [0.4, 0.5) is 25.0 Å². The Kier molecular flexibility index (Phi) is 29.1. The summed E-state index contributed by atoms with van der Waals surface area (Å²) in [5, 5.41) is 39.2. The lowest BCUT2D eigenvalue weighted by Crippen LogP contribution is -2.42. The van der Waals surface area contributed by atoms with Crippen molar-refractivity contribution in [1.82, 2.24) is 26.2 Å². The molecule has 4 aromatic rings. The molecule has 3 aliphatic heterocycles. The van der Waals surface area contributed by atoms with Crippen LogP contribution in [0.15, 0.2) is 142 Å². The van der Waals surface area contributed by atoms with Gasteiger partial charge in [-0.3, -0.25) is 28.0 Å². The van der Waals surface area contributed by atoms with E-state index in [0.717, 1.165) is 4.90 Å². The maximum absolute atomic E-state index is 13.8. The Hall–Kier alpha value is -9.34. The first-order valence-corrected chi connectivity index (χ1v) is 41.4. The molecule has 0 radical (unpaired) electrons. The number of nitrogens with one attached hydrogen (secondary N) is 4. The van der Waals surface area contributed by atoms with E-state index in [4.69, 9.17) is 19.5 Å². The molecule has 5 amide bonds. The minimum absolute atomic E-state index is 0.0304. The number of amides is 5. The van der Waals surface area contributed by atoms with Crippen LogP contribution in [-0.2, 0) is 99.3 Å². The molecule has 1 aliphatic carbocycles. The summed E-state index contributed by atoms with van der Waals surface area (Å²) in [7, 11) is -18.1. The van der Waals surface area contributed by atoms with Gasteiger partial charge in [0, 0.05) is 92.0 Å². The number of fused-ring (bicyclic) bond motifs is 2. The molecule has 36 heteroatoms. The molecule has 30 nitrogen and oxygen atoms in total. The lowest BCUT2D eigenvalue weighted by atomic mass is 9.81. The number of carbonyl (C=O) groups excluding carboxylic acids is 4. The number of nitrogens with zero attached hydrogens (tertiary/aromatic N) is 5. The number of unbranched alkanes of at least 4 members (excludes halogenated alkanes) is 2. The molecule has 0 unspecified atom stereocenters. The SMILES string of the molecule is CC1(C)C(/C=C/C2=C(Oc3ccc(C[C@H](NC(=O)CCOCCOCCNC(=O)Cc4ccc(CNC(=O)N[C@H](C#N)CCC(=O)N5CC(F)(F)C[C@H]5C#N)cc4)C(=O)O)cc3)C(=C/C=C3/N(CCCCS(=O)(=O)[O-])c4ccc(S(=O)(=O)O)cc4C3(C)C)/CCC2)=[N+](CCCCS(=O)(=O)O)c2ccc(S(=O)(=O)O)cc21. The van der Waals surface area contributed by atoms with Crippen LogP contribution in [0.25, 0.3) is 0 Å². The van der Waals surface area contributed by atoms with Crippen LogP contribution in [-0.4, -0.2) is 190 Å². The number of anilines is 1. The van der Waals surface area contributed by atoms with Gasteiger partial charge in [-0.15, -0.1) is 0 Å². The van der Waals surface area contributed by atoms with Crippen LogP contribution in [0.5, 0.6) is 5.75 Å². The largest absolute Gasteiger partial charge is 0.748 e. The van der Waals surface area contributed by atoms with Crippen molar-refractivity contribution in [1.29, 1.82) is 10.5 Å². The predicted molar refractivity (Wildman–Crippen MR) is 396 cm³/mol. The first-order chi connectivity index (χ1) is 51.7. The lowest BCUT2D eigenvalue weighted by Gasteiger charge is -2.28. The molecule has 0 aromatic heterocycles. The standard InChI is InChI=1S/C74H89F2N9O21S4/c1-72(2)59-42-57(109(98,99)100)23-25-62(59)83(32-5-7-38-107(92,93)94)64(72)27-18-52-10-9-11-53(19-28-65-73(3,4)60-43-58(110(101,102)103)24-26-63(60)84(65)33-6-8-39-108(95,96)97)69(52)106-56-21-16-49(17-22-56)40-61(70(89)90)82-66(86)30-34-104-36-37-105-35-31-79-67(87)41-50-12-14-51(15-13-50)47-80-71(91)81-54(45-77)20-29-68(88)85-48-74(75,76)44-55(85)46-78/h12-19,21-28,42-43,54-55,61H,5-11,20,29-41,44,47-48H2,1-4H3,(H8-,79,80,81,82,86,87,89,90,91,92,93,94,95,96,97,98,99,100,101,102,103)/t54-,55-,61-/m0/s1. The summed E-state index contributed by atoms with van der Waals surface area (Å²) in [5.74, 6) is -6.50. The quantitative estimate of drug-likeness (QED) is 0.0123. The van der Waals surface area contributed by atoms with E-state index in [-0.39, 0.29) is 126 Å². The van der Waals surface area contributed by atoms with Gasteiger partial charge in [-0.05, 0) is 147 Å². The second-order valence-corrected chi connectivity index (χ2v) is 33.9. The fourth-order valence-electron chi connectivity index (χ4n) is 13.4. The molecule has 110 heavy (non-hydrogen) atoms. The maximum Gasteiger partial charge on any atom is 0.326 e. The summed E-state index contributed by atoms with van der Waals surface area (Å²) in [6.45, 7) is 7.47. The van der Waals surface area contributed by atoms with Crippen LogP contribution in [0.1, 0.15) is 126 Å². The van der Waals surface area contributed by atoms with Gasteiger partial charge in [0.05, 0.1) is 82.6 Å². The number of carboxylic acid groups (broad SMARTS) is 1. The molecule has 3 atom stereocenters. The zero-order valence-corrected chi connectivity index (χ0v) is 64.2. The van der Waals surface area contributed by atoms with Gasteiger partial charge in [0.2, 0.25) is 23.4 Å². The van der Waals surface area contributed by atoms with Gasteiger partial charge in [0.25, 0.3) is 36.3 Å². The number of rotatable bonds is 38. The Morgan fingerprint density at radius 2 is 1.37 bits per heavy atom.